The quantitative estimate of drug-likeness (QED) is 0.338. The second-order valence-electron chi connectivity index (χ2n) is 11.2. The van der Waals surface area contributed by atoms with Crippen LogP contribution in [0, 0.1) is 22.8 Å². The number of alkyl halides is 3. The minimum Gasteiger partial charge on any atom is -0.354 e. The fourth-order valence-corrected chi connectivity index (χ4v) is 7.11. The summed E-state index contributed by atoms with van der Waals surface area (Å²) in [6, 6.07) is 10.6. The van der Waals surface area contributed by atoms with Crippen molar-refractivity contribution in [3.05, 3.63) is 57.6 Å². The first-order valence-corrected chi connectivity index (χ1v) is 14.5. The Balaban J connectivity index is 1.28. The highest BCUT2D eigenvalue weighted by Gasteiger charge is 2.45. The summed E-state index contributed by atoms with van der Waals surface area (Å²) in [5.41, 5.74) is 2.79. The molecule has 0 N–H and O–H groups in total. The van der Waals surface area contributed by atoms with Crippen LogP contribution in [0.3, 0.4) is 0 Å². The van der Waals surface area contributed by atoms with E-state index < -0.39 is 12.1 Å². The van der Waals surface area contributed by atoms with Crippen molar-refractivity contribution in [1.82, 2.24) is 9.80 Å². The highest BCUT2D eigenvalue weighted by atomic mass is 35.5. The molecular weight excluding hydrogens is 560 g/mol. The largest absolute Gasteiger partial charge is 0.391 e. The number of aliphatic imine (C=N–C) groups is 1. The van der Waals surface area contributed by atoms with Gasteiger partial charge in [-0.05, 0) is 67.5 Å². The zero-order valence-corrected chi connectivity index (χ0v) is 23.6. The van der Waals surface area contributed by atoms with Crippen molar-refractivity contribution in [3.8, 4) is 17.3 Å². The van der Waals surface area contributed by atoms with E-state index in [1.807, 2.05) is 18.3 Å². The van der Waals surface area contributed by atoms with Gasteiger partial charge < -0.3 is 9.80 Å². The number of nitriles is 1. The fraction of sp³-hybridized carbons (Fsp3) is 0.500. The molecule has 2 heterocycles. The van der Waals surface area contributed by atoms with Crippen LogP contribution in [0.1, 0.15) is 67.3 Å². The highest BCUT2D eigenvalue weighted by molar-refractivity contribution is 6.36. The summed E-state index contributed by atoms with van der Waals surface area (Å²) in [4.78, 5) is 20.8. The molecule has 0 atom stereocenters. The minimum atomic E-state index is -4.21. The predicted octanol–water partition coefficient (Wildman–Crippen LogP) is 8.11. The van der Waals surface area contributed by atoms with Crippen LogP contribution in [-0.2, 0) is 6.54 Å². The van der Waals surface area contributed by atoms with Crippen LogP contribution in [-0.4, -0.2) is 47.4 Å². The molecule has 40 heavy (non-hydrogen) atoms. The van der Waals surface area contributed by atoms with Gasteiger partial charge in [0, 0.05) is 52.8 Å². The monoisotopic (exact) mass is 590 g/mol. The molecule has 1 saturated carbocycles. The van der Waals surface area contributed by atoms with E-state index in [9.17, 15) is 23.2 Å². The number of hydrogen-bond acceptors (Lipinski definition) is 3. The van der Waals surface area contributed by atoms with Gasteiger partial charge >= 0.3 is 6.18 Å². The van der Waals surface area contributed by atoms with Crippen molar-refractivity contribution < 1.29 is 18.0 Å². The maximum absolute atomic E-state index is 13.0. The molecule has 0 bridgehead atoms. The normalized spacial score (nSPS) is 20.8. The lowest BCUT2D eigenvalue weighted by atomic mass is 9.72. The average Bonchev–Trinajstić information content (AvgIpc) is 3.26. The van der Waals surface area contributed by atoms with Gasteiger partial charge in [0.1, 0.15) is 5.84 Å². The number of rotatable bonds is 4. The first-order chi connectivity index (χ1) is 19.1. The number of nitrogens with zero attached hydrogens (tertiary/aromatic N) is 4. The lowest BCUT2D eigenvalue weighted by Crippen LogP contribution is -2.42. The molecule has 5 rings (SSSR count). The van der Waals surface area contributed by atoms with Crippen molar-refractivity contribution in [3.63, 3.8) is 0 Å². The summed E-state index contributed by atoms with van der Waals surface area (Å²) in [6.45, 7) is 1.46. The van der Waals surface area contributed by atoms with E-state index in [-0.39, 0.29) is 37.3 Å². The van der Waals surface area contributed by atoms with Crippen LogP contribution in [0.5, 0.6) is 0 Å². The van der Waals surface area contributed by atoms with Crippen molar-refractivity contribution >= 4 is 34.9 Å². The molecule has 0 unspecified atom stereocenters. The molecule has 2 aliphatic heterocycles. The molecule has 2 aromatic rings. The van der Waals surface area contributed by atoms with Gasteiger partial charge in [0.2, 0.25) is 6.19 Å². The number of amides is 1. The Morgan fingerprint density at radius 1 is 0.975 bits per heavy atom. The number of benzene rings is 2. The summed E-state index contributed by atoms with van der Waals surface area (Å²) < 4.78 is 38.9. The number of halogens is 5. The van der Waals surface area contributed by atoms with Gasteiger partial charge in [-0.1, -0.05) is 54.6 Å². The lowest BCUT2D eigenvalue weighted by molar-refractivity contribution is -0.183. The number of carbonyl (C=O) groups is 1. The van der Waals surface area contributed by atoms with Gasteiger partial charge in [0.15, 0.2) is 0 Å². The molecule has 2 saturated heterocycles. The van der Waals surface area contributed by atoms with Gasteiger partial charge in [0.05, 0.1) is 5.92 Å². The molecule has 2 aromatic carbocycles. The molecular formula is C30H31Cl2F3N4O. The Bertz CT molecular complexity index is 1300. The Morgan fingerprint density at radius 2 is 1.60 bits per heavy atom. The van der Waals surface area contributed by atoms with Crippen LogP contribution in [0.2, 0.25) is 10.0 Å². The van der Waals surface area contributed by atoms with E-state index in [1.165, 1.54) is 11.3 Å². The number of carbonyl (C=O) groups excluding carboxylic acids is 1. The maximum atomic E-state index is 13.0. The molecule has 1 spiro atoms. The molecule has 212 valence electrons. The second kappa shape index (κ2) is 11.6. The predicted molar refractivity (Wildman–Crippen MR) is 150 cm³/mol. The fourth-order valence-electron chi connectivity index (χ4n) is 6.50. The summed E-state index contributed by atoms with van der Waals surface area (Å²) in [5, 5.41) is 10.4. The second-order valence-corrected chi connectivity index (χ2v) is 12.0. The van der Waals surface area contributed by atoms with Gasteiger partial charge in [0.25, 0.3) is 5.91 Å². The summed E-state index contributed by atoms with van der Waals surface area (Å²) in [6.07, 6.45) is 4.24. The van der Waals surface area contributed by atoms with E-state index in [0.717, 1.165) is 61.2 Å². The van der Waals surface area contributed by atoms with E-state index >= 15 is 0 Å². The van der Waals surface area contributed by atoms with Gasteiger partial charge in [-0.2, -0.15) is 23.4 Å². The van der Waals surface area contributed by atoms with Crippen molar-refractivity contribution in [2.45, 2.75) is 64.1 Å². The average molecular weight is 592 g/mol. The van der Waals surface area contributed by atoms with Crippen LogP contribution >= 0.6 is 23.2 Å². The first kappa shape index (κ1) is 28.8. The van der Waals surface area contributed by atoms with Crippen molar-refractivity contribution in [2.24, 2.45) is 16.3 Å². The highest BCUT2D eigenvalue weighted by Crippen LogP contribution is 2.46. The Hall–Kier alpha value is -2.76. The summed E-state index contributed by atoms with van der Waals surface area (Å²) in [5.74, 6) is -0.760. The molecule has 3 aliphatic rings. The molecule has 10 heteroatoms. The van der Waals surface area contributed by atoms with Crippen LogP contribution in [0.4, 0.5) is 13.2 Å². The van der Waals surface area contributed by atoms with Gasteiger partial charge in [-0.25, -0.2) is 0 Å². The SMILES string of the molecule is N#CN=C1N(Cc2c(Cl)cc(-c3ccc(C(=O)N4CCC(C(F)(F)F)CC4)cc3)cc2Cl)CCC12CCCCC2. The van der Waals surface area contributed by atoms with Crippen LogP contribution in [0.25, 0.3) is 11.1 Å². The van der Waals surface area contributed by atoms with Crippen molar-refractivity contribution in [1.29, 1.82) is 5.26 Å². The molecule has 1 aliphatic carbocycles. The van der Waals surface area contributed by atoms with E-state index in [0.29, 0.717) is 22.2 Å². The maximum Gasteiger partial charge on any atom is 0.391 e. The van der Waals surface area contributed by atoms with E-state index in [1.54, 1.807) is 24.3 Å². The molecule has 0 aromatic heterocycles. The molecule has 3 fully saturated rings. The third-order valence-corrected chi connectivity index (χ3v) is 9.48. The van der Waals surface area contributed by atoms with Crippen LogP contribution < -0.4 is 0 Å². The smallest absolute Gasteiger partial charge is 0.354 e. The van der Waals surface area contributed by atoms with Gasteiger partial charge in [-0.3, -0.25) is 4.79 Å². The van der Waals surface area contributed by atoms with Crippen molar-refractivity contribution in [2.75, 3.05) is 19.6 Å². The summed E-state index contributed by atoms with van der Waals surface area (Å²) >= 11 is 13.5. The Kier molecular flexibility index (Phi) is 8.35. The van der Waals surface area contributed by atoms with E-state index in [2.05, 4.69) is 9.89 Å². The number of amidine groups is 1. The van der Waals surface area contributed by atoms with E-state index in [4.69, 9.17) is 23.2 Å². The third kappa shape index (κ3) is 5.82. The van der Waals surface area contributed by atoms with Crippen LogP contribution in [0.15, 0.2) is 41.4 Å². The zero-order chi connectivity index (χ0) is 28.5. The molecule has 1 amide bonds. The number of likely N-dealkylation sites (tertiary alicyclic amines) is 2. The Labute approximate surface area is 242 Å². The standard InChI is InChI=1S/C30H31Cl2F3N4O/c31-25-16-22(20-4-6-21(7-5-20)27(40)38-13-8-23(9-14-38)30(33,34)35)17-26(32)24(25)18-39-15-12-29(28(39)37-19-36)10-2-1-3-11-29/h4-7,16-17,23H,1-3,8-15,18H2. The zero-order valence-electron chi connectivity index (χ0n) is 22.1. The third-order valence-electron chi connectivity index (χ3n) is 8.80. The number of piperidine rings is 1. The first-order valence-electron chi connectivity index (χ1n) is 13.8. The molecule has 5 nitrogen and oxygen atoms in total. The molecule has 0 radical (unpaired) electrons. The Morgan fingerprint density at radius 3 is 2.17 bits per heavy atom. The summed E-state index contributed by atoms with van der Waals surface area (Å²) in [7, 11) is 0. The topological polar surface area (TPSA) is 59.7 Å². The van der Waals surface area contributed by atoms with Gasteiger partial charge in [-0.15, -0.1) is 0 Å². The number of hydrogen-bond donors (Lipinski definition) is 0. The lowest BCUT2D eigenvalue weighted by Gasteiger charge is -2.34. The minimum absolute atomic E-state index is 0.0275.